The summed E-state index contributed by atoms with van der Waals surface area (Å²) >= 11 is 0. The Balaban J connectivity index is 1.19. The van der Waals surface area contributed by atoms with Gasteiger partial charge in [0, 0.05) is 42.2 Å². The fourth-order valence-electron chi connectivity index (χ4n) is 13.6. The summed E-state index contributed by atoms with van der Waals surface area (Å²) in [5.41, 5.74) is -5.95. The highest BCUT2D eigenvalue weighted by Gasteiger charge is 2.82. The number of carbonyl (C=O) groups excluding carboxylic acids is 2. The summed E-state index contributed by atoms with van der Waals surface area (Å²) in [6, 6.07) is 7.61. The number of likely N-dealkylation sites (N-methyl/N-ethyl adjacent to an activating group) is 1. The van der Waals surface area contributed by atoms with E-state index in [4.69, 9.17) is 4.74 Å². The summed E-state index contributed by atoms with van der Waals surface area (Å²) in [4.78, 5) is 26.6. The predicted octanol–water partition coefficient (Wildman–Crippen LogP) is 2.09. The van der Waals surface area contributed by atoms with Crippen molar-refractivity contribution in [1.29, 1.82) is 0 Å². The Hall–Kier alpha value is -2.18. The molecule has 7 aliphatic rings. The lowest BCUT2D eigenvalue weighted by Gasteiger charge is -2.71. The van der Waals surface area contributed by atoms with Crippen LogP contribution in [0.5, 0.6) is 0 Å². The maximum atomic E-state index is 13.5. The molecule has 10 heteroatoms. The number of fused-ring (bicyclic) bond motifs is 9. The van der Waals surface area contributed by atoms with Gasteiger partial charge in [-0.15, -0.1) is 0 Å². The number of esters is 1. The monoisotopic (exact) mass is 679 g/mol. The predicted molar refractivity (Wildman–Crippen MR) is 178 cm³/mol. The fraction of sp³-hybridized carbons (Fsp3) is 0.744. The molecule has 0 radical (unpaired) electrons. The van der Waals surface area contributed by atoms with Gasteiger partial charge in [-0.2, -0.15) is 0 Å². The van der Waals surface area contributed by atoms with Crippen LogP contribution in [-0.4, -0.2) is 91.1 Å². The average Bonchev–Trinajstić information content (AvgIpc) is 3.76. The Labute approximate surface area is 287 Å². The van der Waals surface area contributed by atoms with Crippen LogP contribution >= 0.6 is 0 Å². The van der Waals surface area contributed by atoms with Gasteiger partial charge < -0.3 is 45.5 Å². The SMILES string of the molecule is CN[C@H](Cc1ccccc1CO)[C@@H]1C[C@H]2C[C@]3(O)[C@@]4(O)[C@@H](CC[C@]3(C)[C@H]2C2=CC(=O)O[C@H]21)[C@]1(C=O)CC2(CCCC2)[C@H](O)C[C@@]1(O)C[C@@H]4O. The molecule has 1 aliphatic heterocycles. The summed E-state index contributed by atoms with van der Waals surface area (Å²) < 4.78 is 6.04. The lowest BCUT2D eigenvalue weighted by atomic mass is 9.37. The van der Waals surface area contributed by atoms with Crippen molar-refractivity contribution in [2.75, 3.05) is 7.05 Å². The van der Waals surface area contributed by atoms with Crippen LogP contribution in [0.15, 0.2) is 35.9 Å². The van der Waals surface area contributed by atoms with E-state index in [0.717, 1.165) is 48.7 Å². The molecule has 0 saturated heterocycles. The smallest absolute Gasteiger partial charge is 0.331 e. The first-order chi connectivity index (χ1) is 23.3. The molecule has 0 amide bonds. The largest absolute Gasteiger partial charge is 0.454 e. The van der Waals surface area contributed by atoms with Gasteiger partial charge in [0.15, 0.2) is 0 Å². The van der Waals surface area contributed by atoms with Crippen molar-refractivity contribution in [3.8, 4) is 0 Å². The summed E-state index contributed by atoms with van der Waals surface area (Å²) in [7, 11) is 1.88. The Morgan fingerprint density at radius 2 is 1.71 bits per heavy atom. The number of nitrogens with one attached hydrogen (secondary N) is 1. The maximum Gasteiger partial charge on any atom is 0.331 e. The van der Waals surface area contributed by atoms with Crippen LogP contribution in [0.3, 0.4) is 0 Å². The van der Waals surface area contributed by atoms with Crippen molar-refractivity contribution in [3.63, 3.8) is 0 Å². The van der Waals surface area contributed by atoms with E-state index in [1.165, 1.54) is 0 Å². The second-order valence-electron chi connectivity index (χ2n) is 17.4. The molecule has 6 aliphatic carbocycles. The number of benzene rings is 1. The number of hydrogen-bond donors (Lipinski definition) is 7. The molecule has 6 fully saturated rings. The quantitative estimate of drug-likeness (QED) is 0.174. The minimum absolute atomic E-state index is 0.0448. The molecule has 0 bridgehead atoms. The molecular weight excluding hydrogens is 626 g/mol. The van der Waals surface area contributed by atoms with Gasteiger partial charge >= 0.3 is 5.97 Å². The van der Waals surface area contributed by atoms with Crippen LogP contribution < -0.4 is 5.32 Å². The topological polar surface area (TPSA) is 177 Å². The van der Waals surface area contributed by atoms with Gasteiger partial charge in [-0.05, 0) is 92.4 Å². The molecule has 6 saturated carbocycles. The first-order valence-corrected chi connectivity index (χ1v) is 18.5. The Morgan fingerprint density at radius 1 is 1.02 bits per heavy atom. The molecule has 13 atom stereocenters. The Morgan fingerprint density at radius 3 is 2.39 bits per heavy atom. The standard InChI is InChI=1S/C39H53NO9/c1-34-12-9-28-36(21-42)20-35(10-5-6-11-35)29(43)17-37(36,46)18-30(44)39(28,48)38(34,47)16-24-13-25(33-26(32(24)34)15-31(45)49-33)27(40-2)14-22-7-3-4-8-23(22)19-41/h3-4,7-8,15,21,24-25,27-30,32-33,40-41,43-44,46-48H,5-6,9-14,16-20H2,1-2H3/t24-,25-,27+,28-,29+,30-,32+,33-,34+,36+,37+,38+,39+/m0/s1. The minimum atomic E-state index is -2.11. The number of carbonyl (C=O) groups is 2. The van der Waals surface area contributed by atoms with Gasteiger partial charge in [0.2, 0.25) is 0 Å². The van der Waals surface area contributed by atoms with E-state index in [2.05, 4.69) is 5.32 Å². The molecule has 0 unspecified atom stereocenters. The number of aldehydes is 1. The normalized spacial score (nSPS) is 48.4. The third kappa shape index (κ3) is 4.20. The maximum absolute atomic E-state index is 13.5. The molecule has 1 aromatic rings. The van der Waals surface area contributed by atoms with Gasteiger partial charge in [-0.1, -0.05) is 44.0 Å². The number of aliphatic hydroxyl groups excluding tert-OH is 3. The van der Waals surface area contributed by atoms with Crippen molar-refractivity contribution >= 4 is 12.3 Å². The van der Waals surface area contributed by atoms with E-state index in [1.807, 2.05) is 38.2 Å². The number of rotatable bonds is 6. The molecule has 0 aromatic heterocycles. The third-order valence-corrected chi connectivity index (χ3v) is 15.8. The first-order valence-electron chi connectivity index (χ1n) is 18.5. The molecule has 7 N–H and O–H groups in total. The molecule has 268 valence electrons. The zero-order chi connectivity index (χ0) is 34.8. The van der Waals surface area contributed by atoms with Crippen molar-refractivity contribution < 1.29 is 45.0 Å². The summed E-state index contributed by atoms with van der Waals surface area (Å²) in [5.74, 6) is -1.95. The van der Waals surface area contributed by atoms with Gasteiger partial charge in [-0.3, -0.25) is 0 Å². The lowest BCUT2D eigenvalue weighted by Crippen LogP contribution is -2.82. The van der Waals surface area contributed by atoms with Gasteiger partial charge in [0.25, 0.3) is 0 Å². The second kappa shape index (κ2) is 11.2. The Bertz CT molecular complexity index is 1560. The van der Waals surface area contributed by atoms with Crippen molar-refractivity contribution in [3.05, 3.63) is 47.0 Å². The first kappa shape index (κ1) is 33.9. The number of hydrogen-bond acceptors (Lipinski definition) is 10. The molecule has 10 nitrogen and oxygen atoms in total. The minimum Gasteiger partial charge on any atom is -0.454 e. The summed E-state index contributed by atoms with van der Waals surface area (Å²) in [6.07, 6.45) is 4.75. The van der Waals surface area contributed by atoms with Crippen LogP contribution in [0.1, 0.15) is 88.7 Å². The highest BCUT2D eigenvalue weighted by atomic mass is 16.5. The highest BCUT2D eigenvalue weighted by molar-refractivity contribution is 5.86. The highest BCUT2D eigenvalue weighted by Crippen LogP contribution is 2.75. The van der Waals surface area contributed by atoms with Gasteiger partial charge in [0.05, 0.1) is 29.8 Å². The van der Waals surface area contributed by atoms with E-state index < -0.39 is 63.2 Å². The molecule has 1 spiro atoms. The van der Waals surface area contributed by atoms with Crippen molar-refractivity contribution in [1.82, 2.24) is 5.32 Å². The molecule has 1 heterocycles. The van der Waals surface area contributed by atoms with E-state index in [0.29, 0.717) is 25.7 Å². The second-order valence-corrected chi connectivity index (χ2v) is 17.4. The van der Waals surface area contributed by atoms with Crippen LogP contribution in [0.4, 0.5) is 0 Å². The molecule has 1 aromatic carbocycles. The molecular formula is C39H53NO9. The molecule has 49 heavy (non-hydrogen) atoms. The lowest BCUT2D eigenvalue weighted by molar-refractivity contribution is -0.353. The van der Waals surface area contributed by atoms with Crippen LogP contribution in [-0.2, 0) is 27.4 Å². The zero-order valence-corrected chi connectivity index (χ0v) is 28.7. The fourth-order valence-corrected chi connectivity index (χ4v) is 13.6. The van der Waals surface area contributed by atoms with Crippen LogP contribution in [0, 0.1) is 39.9 Å². The Kier molecular flexibility index (Phi) is 7.73. The van der Waals surface area contributed by atoms with Gasteiger partial charge in [0.1, 0.15) is 23.6 Å². The van der Waals surface area contributed by atoms with Crippen LogP contribution in [0.25, 0.3) is 0 Å². The third-order valence-electron chi connectivity index (χ3n) is 15.8. The van der Waals surface area contributed by atoms with E-state index >= 15 is 0 Å². The molecule has 8 rings (SSSR count). The number of aliphatic hydroxyl groups is 6. The van der Waals surface area contributed by atoms with E-state index in [1.54, 1.807) is 6.08 Å². The van der Waals surface area contributed by atoms with E-state index in [-0.39, 0.29) is 56.1 Å². The van der Waals surface area contributed by atoms with Crippen molar-refractivity contribution in [2.45, 2.75) is 132 Å². The van der Waals surface area contributed by atoms with E-state index in [9.17, 15) is 40.2 Å². The van der Waals surface area contributed by atoms with Crippen molar-refractivity contribution in [2.24, 2.45) is 39.9 Å². The van der Waals surface area contributed by atoms with Crippen LogP contribution in [0.2, 0.25) is 0 Å². The summed E-state index contributed by atoms with van der Waals surface area (Å²) in [5, 5.41) is 75.5. The number of ether oxygens (including phenoxy) is 1. The summed E-state index contributed by atoms with van der Waals surface area (Å²) in [6.45, 7) is 1.88. The van der Waals surface area contributed by atoms with Gasteiger partial charge in [-0.25, -0.2) is 4.79 Å². The zero-order valence-electron chi connectivity index (χ0n) is 28.7. The average molecular weight is 680 g/mol.